The van der Waals surface area contributed by atoms with Gasteiger partial charge in [-0.25, -0.2) is 0 Å². The molecule has 0 bridgehead atoms. The van der Waals surface area contributed by atoms with Gasteiger partial charge < -0.3 is 5.32 Å². The highest BCUT2D eigenvalue weighted by Crippen LogP contribution is 2.27. The number of alkyl halides is 1. The quantitative estimate of drug-likeness (QED) is 0.741. The summed E-state index contributed by atoms with van der Waals surface area (Å²) < 4.78 is 0. The molecule has 1 aliphatic rings. The van der Waals surface area contributed by atoms with E-state index in [9.17, 15) is 4.79 Å². The Balaban J connectivity index is 2.20. The number of carbonyl (C=O) groups is 1. The Labute approximate surface area is 97.8 Å². The second-order valence-corrected chi connectivity index (χ2v) is 5.52. The van der Waals surface area contributed by atoms with Gasteiger partial charge in [-0.15, -0.1) is 11.6 Å². The van der Waals surface area contributed by atoms with Gasteiger partial charge in [0.25, 0.3) is 0 Å². The first kappa shape index (κ1) is 12.8. The van der Waals surface area contributed by atoms with E-state index in [-0.39, 0.29) is 11.3 Å². The highest BCUT2D eigenvalue weighted by molar-refractivity contribution is 6.20. The van der Waals surface area contributed by atoms with Gasteiger partial charge in [0, 0.05) is 18.3 Å². The normalized spacial score (nSPS) is 26.7. The molecule has 1 aliphatic carbocycles. The first-order valence-electron chi connectivity index (χ1n) is 6.00. The second kappa shape index (κ2) is 6.37. The maximum absolute atomic E-state index is 11.4. The van der Waals surface area contributed by atoms with Gasteiger partial charge in [0.05, 0.1) is 0 Å². The Kier molecular flexibility index (Phi) is 5.44. The zero-order valence-corrected chi connectivity index (χ0v) is 10.5. The van der Waals surface area contributed by atoms with Gasteiger partial charge in [-0.1, -0.05) is 26.7 Å². The molecule has 0 radical (unpaired) electrons. The molecular weight excluding hydrogens is 210 g/mol. The Bertz CT molecular complexity index is 206. The summed E-state index contributed by atoms with van der Waals surface area (Å²) in [6.07, 6.45) is 5.39. The molecular formula is C12H22ClNO. The smallest absolute Gasteiger partial charge is 0.220 e. The van der Waals surface area contributed by atoms with Crippen molar-refractivity contribution in [3.8, 4) is 0 Å². The van der Waals surface area contributed by atoms with Gasteiger partial charge >= 0.3 is 0 Å². The number of hydrogen-bond acceptors (Lipinski definition) is 1. The van der Waals surface area contributed by atoms with Gasteiger partial charge in [-0.2, -0.15) is 0 Å². The highest BCUT2D eigenvalue weighted by atomic mass is 35.5. The monoisotopic (exact) mass is 231 g/mol. The minimum Gasteiger partial charge on any atom is -0.356 e. The molecule has 0 aromatic rings. The zero-order valence-electron chi connectivity index (χ0n) is 9.76. The fourth-order valence-electron chi connectivity index (χ4n) is 2.08. The third-order valence-corrected chi connectivity index (χ3v) is 3.55. The third kappa shape index (κ3) is 4.87. The van der Waals surface area contributed by atoms with Gasteiger partial charge in [0.2, 0.25) is 5.91 Å². The summed E-state index contributed by atoms with van der Waals surface area (Å²) in [7, 11) is 0. The second-order valence-electron chi connectivity index (χ2n) is 4.96. The van der Waals surface area contributed by atoms with Crippen molar-refractivity contribution in [3.63, 3.8) is 0 Å². The van der Waals surface area contributed by atoms with Crippen molar-refractivity contribution in [3.05, 3.63) is 0 Å². The Morgan fingerprint density at radius 3 is 2.67 bits per heavy atom. The zero-order chi connectivity index (χ0) is 11.3. The molecule has 1 fully saturated rings. The van der Waals surface area contributed by atoms with E-state index in [1.165, 1.54) is 12.8 Å². The highest BCUT2D eigenvalue weighted by Gasteiger charge is 2.23. The van der Waals surface area contributed by atoms with Crippen LogP contribution >= 0.6 is 11.6 Å². The van der Waals surface area contributed by atoms with Crippen molar-refractivity contribution < 1.29 is 4.79 Å². The predicted molar refractivity (Wildman–Crippen MR) is 64.1 cm³/mol. The molecule has 1 saturated carbocycles. The molecule has 0 spiro atoms. The van der Waals surface area contributed by atoms with Crippen LogP contribution < -0.4 is 5.32 Å². The molecule has 0 aliphatic heterocycles. The van der Waals surface area contributed by atoms with Crippen molar-refractivity contribution in [1.82, 2.24) is 5.32 Å². The fraction of sp³-hybridized carbons (Fsp3) is 0.917. The summed E-state index contributed by atoms with van der Waals surface area (Å²) in [6, 6.07) is 0. The van der Waals surface area contributed by atoms with Crippen LogP contribution in [0, 0.1) is 11.8 Å². The predicted octanol–water partition coefficient (Wildman–Crippen LogP) is 2.95. The third-order valence-electron chi connectivity index (χ3n) is 2.97. The maximum Gasteiger partial charge on any atom is 0.220 e. The minimum atomic E-state index is 0.166. The molecule has 1 rings (SSSR count). The summed E-state index contributed by atoms with van der Waals surface area (Å²) in [5, 5.41) is 3.25. The molecule has 2 nitrogen and oxygen atoms in total. The van der Waals surface area contributed by atoms with Crippen molar-refractivity contribution in [1.29, 1.82) is 0 Å². The standard InChI is InChI=1S/C12H22ClNO/c1-9(2)7-12(15)14-8-10-5-3-4-6-11(10)13/h9-11H,3-8H2,1-2H3,(H,14,15). The molecule has 0 heterocycles. The number of nitrogens with one attached hydrogen (secondary N) is 1. The number of amides is 1. The topological polar surface area (TPSA) is 29.1 Å². The molecule has 2 atom stereocenters. The van der Waals surface area contributed by atoms with Gasteiger partial charge in [0.15, 0.2) is 0 Å². The summed E-state index contributed by atoms with van der Waals surface area (Å²) in [5.74, 6) is 1.08. The van der Waals surface area contributed by atoms with Crippen molar-refractivity contribution in [2.24, 2.45) is 11.8 Å². The first-order valence-corrected chi connectivity index (χ1v) is 6.44. The van der Waals surface area contributed by atoms with E-state index in [2.05, 4.69) is 19.2 Å². The Morgan fingerprint density at radius 1 is 1.40 bits per heavy atom. The average molecular weight is 232 g/mol. The summed E-state index contributed by atoms with van der Waals surface area (Å²) >= 11 is 6.22. The largest absolute Gasteiger partial charge is 0.356 e. The lowest BCUT2D eigenvalue weighted by Gasteiger charge is -2.27. The number of halogens is 1. The van der Waals surface area contributed by atoms with Gasteiger partial charge in [-0.05, 0) is 24.7 Å². The molecule has 88 valence electrons. The molecule has 2 unspecified atom stereocenters. The molecule has 0 aromatic carbocycles. The van der Waals surface area contributed by atoms with Crippen LogP contribution in [0.15, 0.2) is 0 Å². The molecule has 3 heteroatoms. The molecule has 1 amide bonds. The fourth-order valence-corrected chi connectivity index (χ4v) is 2.45. The van der Waals surface area contributed by atoms with Crippen LogP contribution in [0.3, 0.4) is 0 Å². The van der Waals surface area contributed by atoms with Crippen LogP contribution in [-0.4, -0.2) is 17.8 Å². The van der Waals surface area contributed by atoms with Gasteiger partial charge in [0.1, 0.15) is 0 Å². The number of rotatable bonds is 4. The maximum atomic E-state index is 11.4. The van der Waals surface area contributed by atoms with Crippen molar-refractivity contribution in [2.75, 3.05) is 6.54 Å². The van der Waals surface area contributed by atoms with Crippen LogP contribution in [0.25, 0.3) is 0 Å². The van der Waals surface area contributed by atoms with E-state index in [0.717, 1.165) is 19.4 Å². The average Bonchev–Trinajstić information content (AvgIpc) is 2.15. The van der Waals surface area contributed by atoms with E-state index in [4.69, 9.17) is 11.6 Å². The number of carbonyl (C=O) groups excluding carboxylic acids is 1. The molecule has 0 aromatic heterocycles. The Hall–Kier alpha value is -0.240. The van der Waals surface area contributed by atoms with E-state index >= 15 is 0 Å². The van der Waals surface area contributed by atoms with E-state index in [0.29, 0.717) is 18.3 Å². The summed E-state index contributed by atoms with van der Waals surface area (Å²) in [6.45, 7) is 4.88. The van der Waals surface area contributed by atoms with Crippen LogP contribution in [0.5, 0.6) is 0 Å². The first-order chi connectivity index (χ1) is 7.09. The van der Waals surface area contributed by atoms with Crippen molar-refractivity contribution in [2.45, 2.75) is 51.3 Å². The lowest BCUT2D eigenvalue weighted by molar-refractivity contribution is -0.122. The molecule has 15 heavy (non-hydrogen) atoms. The van der Waals surface area contributed by atoms with Gasteiger partial charge in [-0.3, -0.25) is 4.79 Å². The van der Waals surface area contributed by atoms with E-state index < -0.39 is 0 Å². The number of hydrogen-bond donors (Lipinski definition) is 1. The van der Waals surface area contributed by atoms with Crippen LogP contribution in [0.1, 0.15) is 46.0 Å². The Morgan fingerprint density at radius 2 is 2.07 bits per heavy atom. The SMILES string of the molecule is CC(C)CC(=O)NCC1CCCCC1Cl. The van der Waals surface area contributed by atoms with E-state index in [1.54, 1.807) is 0 Å². The lowest BCUT2D eigenvalue weighted by atomic mass is 9.88. The summed E-state index contributed by atoms with van der Waals surface area (Å²) in [5.41, 5.74) is 0. The minimum absolute atomic E-state index is 0.166. The summed E-state index contributed by atoms with van der Waals surface area (Å²) in [4.78, 5) is 11.4. The van der Waals surface area contributed by atoms with Crippen molar-refractivity contribution >= 4 is 17.5 Å². The van der Waals surface area contributed by atoms with Crippen LogP contribution in [0.2, 0.25) is 0 Å². The van der Waals surface area contributed by atoms with E-state index in [1.807, 2.05) is 0 Å². The lowest BCUT2D eigenvalue weighted by Crippen LogP contribution is -2.35. The van der Waals surface area contributed by atoms with Crippen LogP contribution in [0.4, 0.5) is 0 Å². The molecule has 0 saturated heterocycles. The van der Waals surface area contributed by atoms with Crippen LogP contribution in [-0.2, 0) is 4.79 Å². The molecule has 1 N–H and O–H groups in total.